The summed E-state index contributed by atoms with van der Waals surface area (Å²) in [6.45, 7) is 6.57. The summed E-state index contributed by atoms with van der Waals surface area (Å²) in [5.74, 6) is 0.984. The number of halogens is 1. The first-order valence-electron chi connectivity index (χ1n) is 7.46. The Balaban J connectivity index is 0.00000220. The van der Waals surface area contributed by atoms with Crippen LogP contribution in [0.1, 0.15) is 19.8 Å². The van der Waals surface area contributed by atoms with Crippen LogP contribution >= 0.6 is 35.7 Å². The lowest BCUT2D eigenvalue weighted by atomic mass is 10.1. The first kappa shape index (κ1) is 19.3. The number of nitrogens with one attached hydrogen (secondary N) is 1. The first-order chi connectivity index (χ1) is 9.74. The maximum atomic E-state index is 5.88. The van der Waals surface area contributed by atoms with E-state index in [1.165, 1.54) is 0 Å². The third-order valence-electron chi connectivity index (χ3n) is 3.93. The Morgan fingerprint density at radius 2 is 2.14 bits per heavy atom. The fourth-order valence-electron chi connectivity index (χ4n) is 2.64. The van der Waals surface area contributed by atoms with Gasteiger partial charge in [-0.2, -0.15) is 11.8 Å². The van der Waals surface area contributed by atoms with E-state index in [9.17, 15) is 0 Å². The molecule has 124 valence electrons. The molecule has 7 heteroatoms. The number of thioether (sulfide) groups is 1. The number of guanidine groups is 1. The number of aliphatic imine (C=N–C) groups is 1. The lowest BCUT2D eigenvalue weighted by Gasteiger charge is -2.37. The highest BCUT2D eigenvalue weighted by atomic mass is 127. The Hall–Kier alpha value is 0.270. The molecule has 1 N–H and O–H groups in total. The van der Waals surface area contributed by atoms with Crippen LogP contribution < -0.4 is 5.32 Å². The molecule has 3 unspecified atom stereocenters. The van der Waals surface area contributed by atoms with Crippen LogP contribution in [0.15, 0.2) is 4.99 Å². The summed E-state index contributed by atoms with van der Waals surface area (Å²) in [5, 5.41) is 4.04. The van der Waals surface area contributed by atoms with E-state index in [4.69, 9.17) is 9.47 Å². The Labute approximate surface area is 149 Å². The van der Waals surface area contributed by atoms with Gasteiger partial charge in [-0.1, -0.05) is 6.92 Å². The van der Waals surface area contributed by atoms with Crippen LogP contribution in [0.2, 0.25) is 0 Å². The second kappa shape index (κ2) is 10.1. The summed E-state index contributed by atoms with van der Waals surface area (Å²) in [6.07, 6.45) is 4.86. The van der Waals surface area contributed by atoms with Crippen LogP contribution in [0.3, 0.4) is 0 Å². The van der Waals surface area contributed by atoms with Gasteiger partial charge in [0.25, 0.3) is 0 Å². The molecular formula is C14H28IN3O2S. The van der Waals surface area contributed by atoms with E-state index in [1.54, 1.807) is 0 Å². The molecule has 0 amide bonds. The van der Waals surface area contributed by atoms with Gasteiger partial charge in [0.15, 0.2) is 5.96 Å². The fourth-order valence-corrected chi connectivity index (χ4v) is 2.89. The molecule has 2 aliphatic heterocycles. The van der Waals surface area contributed by atoms with Crippen molar-refractivity contribution in [3.8, 4) is 0 Å². The van der Waals surface area contributed by atoms with Crippen molar-refractivity contribution in [2.75, 3.05) is 46.2 Å². The smallest absolute Gasteiger partial charge is 0.193 e. The standard InChI is InChI=1S/C14H27N3O2S.HI/c1-11(20-3)9-16-14(15-2)17-6-8-19-13(10-17)12-5-4-7-18-12;/h11-13H,4-10H2,1-3H3,(H,15,16);1H. The van der Waals surface area contributed by atoms with Gasteiger partial charge in [-0.25, -0.2) is 0 Å². The summed E-state index contributed by atoms with van der Waals surface area (Å²) in [5.41, 5.74) is 0. The lowest BCUT2D eigenvalue weighted by Crippen LogP contribution is -2.53. The molecule has 21 heavy (non-hydrogen) atoms. The molecule has 5 nitrogen and oxygen atoms in total. The molecule has 2 aliphatic rings. The van der Waals surface area contributed by atoms with E-state index in [2.05, 4.69) is 28.4 Å². The van der Waals surface area contributed by atoms with Crippen LogP contribution in [0.4, 0.5) is 0 Å². The van der Waals surface area contributed by atoms with E-state index in [-0.39, 0.29) is 36.2 Å². The molecule has 0 aromatic carbocycles. The van der Waals surface area contributed by atoms with Gasteiger partial charge < -0.3 is 19.7 Å². The molecule has 0 aromatic rings. The van der Waals surface area contributed by atoms with Gasteiger partial charge in [0.2, 0.25) is 0 Å². The number of morpholine rings is 1. The SMILES string of the molecule is CN=C(NCC(C)SC)N1CCOC(C2CCCO2)C1.I. The third kappa shape index (κ3) is 5.76. The van der Waals surface area contributed by atoms with Crippen molar-refractivity contribution in [1.82, 2.24) is 10.2 Å². The largest absolute Gasteiger partial charge is 0.375 e. The average molecular weight is 429 g/mol. The minimum absolute atomic E-state index is 0. The molecule has 3 atom stereocenters. The molecular weight excluding hydrogens is 401 g/mol. The molecule has 2 fully saturated rings. The molecule has 0 saturated carbocycles. The molecule has 0 spiro atoms. The van der Waals surface area contributed by atoms with Crippen molar-refractivity contribution in [3.63, 3.8) is 0 Å². The normalized spacial score (nSPS) is 28.1. The van der Waals surface area contributed by atoms with Crippen molar-refractivity contribution in [3.05, 3.63) is 0 Å². The van der Waals surface area contributed by atoms with E-state index < -0.39 is 0 Å². The molecule has 0 bridgehead atoms. The molecule has 0 aliphatic carbocycles. The van der Waals surface area contributed by atoms with Gasteiger partial charge in [-0.15, -0.1) is 24.0 Å². The minimum Gasteiger partial charge on any atom is -0.375 e. The van der Waals surface area contributed by atoms with Crippen LogP contribution in [0, 0.1) is 0 Å². The Bertz CT molecular complexity index is 327. The molecule has 0 aromatic heterocycles. The van der Waals surface area contributed by atoms with Crippen molar-refractivity contribution in [1.29, 1.82) is 0 Å². The monoisotopic (exact) mass is 429 g/mol. The van der Waals surface area contributed by atoms with Gasteiger partial charge in [-0.05, 0) is 19.1 Å². The second-order valence-corrected chi connectivity index (χ2v) is 6.66. The van der Waals surface area contributed by atoms with E-state index in [0.29, 0.717) is 5.25 Å². The van der Waals surface area contributed by atoms with Gasteiger partial charge in [0.1, 0.15) is 6.10 Å². The van der Waals surface area contributed by atoms with Crippen molar-refractivity contribution in [2.45, 2.75) is 37.2 Å². The third-order valence-corrected chi connectivity index (χ3v) is 4.91. The van der Waals surface area contributed by atoms with Crippen LogP contribution in [-0.2, 0) is 9.47 Å². The highest BCUT2D eigenvalue weighted by Crippen LogP contribution is 2.21. The van der Waals surface area contributed by atoms with Crippen molar-refractivity contribution >= 4 is 41.7 Å². The summed E-state index contributed by atoms with van der Waals surface area (Å²) in [4.78, 5) is 6.70. The number of hydrogen-bond acceptors (Lipinski definition) is 4. The zero-order valence-corrected chi connectivity index (χ0v) is 16.4. The van der Waals surface area contributed by atoms with Crippen molar-refractivity contribution < 1.29 is 9.47 Å². The summed E-state index contributed by atoms with van der Waals surface area (Å²) in [6, 6.07) is 0. The summed E-state index contributed by atoms with van der Waals surface area (Å²) in [7, 11) is 1.85. The Morgan fingerprint density at radius 1 is 1.38 bits per heavy atom. The van der Waals surface area contributed by atoms with Crippen LogP contribution in [0.5, 0.6) is 0 Å². The Kier molecular flexibility index (Phi) is 9.31. The van der Waals surface area contributed by atoms with Gasteiger partial charge >= 0.3 is 0 Å². The fraction of sp³-hybridized carbons (Fsp3) is 0.929. The van der Waals surface area contributed by atoms with Crippen molar-refractivity contribution in [2.24, 2.45) is 4.99 Å². The predicted octanol–water partition coefficient (Wildman–Crippen LogP) is 1.81. The molecule has 2 saturated heterocycles. The summed E-state index contributed by atoms with van der Waals surface area (Å²) >= 11 is 1.86. The Morgan fingerprint density at radius 3 is 2.76 bits per heavy atom. The van der Waals surface area contributed by atoms with Gasteiger partial charge in [0, 0.05) is 38.5 Å². The maximum absolute atomic E-state index is 5.88. The second-order valence-electron chi connectivity index (χ2n) is 5.38. The molecule has 2 heterocycles. The van der Waals surface area contributed by atoms with Crippen LogP contribution in [-0.4, -0.2) is 74.5 Å². The van der Waals surface area contributed by atoms with E-state index >= 15 is 0 Å². The predicted molar refractivity (Wildman–Crippen MR) is 100 cm³/mol. The van der Waals surface area contributed by atoms with Gasteiger partial charge in [-0.3, -0.25) is 4.99 Å². The zero-order chi connectivity index (χ0) is 14.4. The molecule has 0 radical (unpaired) electrons. The maximum Gasteiger partial charge on any atom is 0.193 e. The number of hydrogen-bond donors (Lipinski definition) is 1. The van der Waals surface area contributed by atoms with E-state index in [0.717, 1.165) is 51.6 Å². The lowest BCUT2D eigenvalue weighted by molar-refractivity contribution is -0.0816. The molecule has 2 rings (SSSR count). The topological polar surface area (TPSA) is 46.1 Å². The number of rotatable bonds is 4. The van der Waals surface area contributed by atoms with Crippen LogP contribution in [0.25, 0.3) is 0 Å². The number of nitrogens with zero attached hydrogens (tertiary/aromatic N) is 2. The quantitative estimate of drug-likeness (QED) is 0.420. The van der Waals surface area contributed by atoms with E-state index in [1.807, 2.05) is 18.8 Å². The summed E-state index contributed by atoms with van der Waals surface area (Å²) < 4.78 is 11.6. The highest BCUT2D eigenvalue weighted by molar-refractivity contribution is 14.0. The zero-order valence-electron chi connectivity index (χ0n) is 13.2. The first-order valence-corrected chi connectivity index (χ1v) is 8.75. The highest BCUT2D eigenvalue weighted by Gasteiger charge is 2.32. The minimum atomic E-state index is 0. The van der Waals surface area contributed by atoms with Gasteiger partial charge in [0.05, 0.1) is 12.7 Å². The number of ether oxygens (including phenoxy) is 2. The average Bonchev–Trinajstić information content (AvgIpc) is 3.02.